The molecule has 2 aliphatic heterocycles. The van der Waals surface area contributed by atoms with Crippen LogP contribution in [0.15, 0.2) is 24.3 Å². The Morgan fingerprint density at radius 1 is 0.867 bits per heavy atom. The Morgan fingerprint density at radius 2 is 1.67 bits per heavy atom. The molecule has 15 heavy (non-hydrogen) atoms. The minimum absolute atomic E-state index is 1.21. The average Bonchev–Trinajstić information content (AvgIpc) is 2.82. The minimum Gasteiger partial charge on any atom is -0.306 e. The summed E-state index contributed by atoms with van der Waals surface area (Å²) >= 11 is 0. The van der Waals surface area contributed by atoms with Gasteiger partial charge in [0.05, 0.1) is 5.69 Å². The molecule has 2 aliphatic rings. The monoisotopic (exact) mass is 202 g/mol. The summed E-state index contributed by atoms with van der Waals surface area (Å²) in [5.74, 6) is 0. The van der Waals surface area contributed by atoms with Crippen LogP contribution in [-0.2, 0) is 6.42 Å². The standard InChI is InChI=1S/C13H18N2/c1-2-8-13-12(6-1)7-5-11-15(13)14-9-3-4-10-14/h1-2,6,8H,3-5,7,9-11H2. The highest BCUT2D eigenvalue weighted by molar-refractivity contribution is 5.54. The highest BCUT2D eigenvalue weighted by atomic mass is 15.6. The van der Waals surface area contributed by atoms with E-state index in [1.807, 2.05) is 0 Å². The second-order valence-corrected chi connectivity index (χ2v) is 4.52. The molecule has 0 aliphatic carbocycles. The normalized spacial score (nSPS) is 21.7. The van der Waals surface area contributed by atoms with E-state index in [1.54, 1.807) is 0 Å². The lowest BCUT2D eigenvalue weighted by molar-refractivity contribution is 0.299. The zero-order valence-corrected chi connectivity index (χ0v) is 9.15. The van der Waals surface area contributed by atoms with E-state index in [4.69, 9.17) is 0 Å². The van der Waals surface area contributed by atoms with Gasteiger partial charge in [-0.2, -0.15) is 0 Å². The van der Waals surface area contributed by atoms with E-state index in [0.29, 0.717) is 0 Å². The fourth-order valence-electron chi connectivity index (χ4n) is 2.75. The number of anilines is 1. The van der Waals surface area contributed by atoms with Gasteiger partial charge in [-0.1, -0.05) is 18.2 Å². The summed E-state index contributed by atoms with van der Waals surface area (Å²) in [5.41, 5.74) is 2.97. The summed E-state index contributed by atoms with van der Waals surface area (Å²) in [4.78, 5) is 0. The van der Waals surface area contributed by atoms with Gasteiger partial charge in [-0.3, -0.25) is 0 Å². The van der Waals surface area contributed by atoms with Crippen molar-refractivity contribution in [1.29, 1.82) is 0 Å². The van der Waals surface area contributed by atoms with E-state index in [2.05, 4.69) is 34.3 Å². The zero-order chi connectivity index (χ0) is 10.1. The first-order chi connectivity index (χ1) is 7.45. The van der Waals surface area contributed by atoms with E-state index in [0.717, 1.165) is 0 Å². The fourth-order valence-corrected chi connectivity index (χ4v) is 2.75. The van der Waals surface area contributed by atoms with Gasteiger partial charge in [0.1, 0.15) is 0 Å². The summed E-state index contributed by atoms with van der Waals surface area (Å²) in [6.45, 7) is 3.69. The number of rotatable bonds is 1. The minimum atomic E-state index is 1.21. The molecule has 0 radical (unpaired) electrons. The first-order valence-electron chi connectivity index (χ1n) is 6.05. The predicted molar refractivity (Wildman–Crippen MR) is 62.9 cm³/mol. The van der Waals surface area contributed by atoms with Gasteiger partial charge in [-0.05, 0) is 37.3 Å². The maximum Gasteiger partial charge on any atom is 0.0554 e. The second kappa shape index (κ2) is 3.86. The number of hydrogen-bond acceptors (Lipinski definition) is 2. The largest absolute Gasteiger partial charge is 0.306 e. The summed E-state index contributed by atoms with van der Waals surface area (Å²) in [6.07, 6.45) is 5.27. The average molecular weight is 202 g/mol. The molecule has 1 aromatic carbocycles. The molecule has 1 aromatic rings. The number of hydrazine groups is 1. The van der Waals surface area contributed by atoms with Crippen LogP contribution in [0.25, 0.3) is 0 Å². The van der Waals surface area contributed by atoms with Crippen molar-refractivity contribution in [2.75, 3.05) is 24.6 Å². The van der Waals surface area contributed by atoms with Crippen LogP contribution >= 0.6 is 0 Å². The van der Waals surface area contributed by atoms with Gasteiger partial charge in [0.15, 0.2) is 0 Å². The van der Waals surface area contributed by atoms with Crippen LogP contribution in [-0.4, -0.2) is 24.6 Å². The van der Waals surface area contributed by atoms with E-state index in [-0.39, 0.29) is 0 Å². The molecule has 0 unspecified atom stereocenters. The summed E-state index contributed by atoms with van der Waals surface area (Å²) in [7, 11) is 0. The third-order valence-corrected chi connectivity index (χ3v) is 3.51. The van der Waals surface area contributed by atoms with Gasteiger partial charge in [0.2, 0.25) is 0 Å². The number of para-hydroxylation sites is 1. The molecule has 3 rings (SSSR count). The van der Waals surface area contributed by atoms with E-state index >= 15 is 0 Å². The molecule has 0 bridgehead atoms. The molecule has 80 valence electrons. The Labute approximate surface area is 91.5 Å². The Balaban J connectivity index is 1.91. The van der Waals surface area contributed by atoms with Crippen molar-refractivity contribution in [3.63, 3.8) is 0 Å². The lowest BCUT2D eigenvalue weighted by atomic mass is 10.0. The second-order valence-electron chi connectivity index (χ2n) is 4.52. The van der Waals surface area contributed by atoms with Gasteiger partial charge in [0, 0.05) is 19.6 Å². The van der Waals surface area contributed by atoms with Crippen LogP contribution in [0.5, 0.6) is 0 Å². The van der Waals surface area contributed by atoms with Gasteiger partial charge in [-0.25, -0.2) is 5.01 Å². The highest BCUT2D eigenvalue weighted by Crippen LogP contribution is 2.29. The van der Waals surface area contributed by atoms with Crippen LogP contribution < -0.4 is 5.01 Å². The number of hydrogen-bond donors (Lipinski definition) is 0. The van der Waals surface area contributed by atoms with Crippen molar-refractivity contribution in [3.05, 3.63) is 29.8 Å². The number of aryl methyl sites for hydroxylation is 1. The molecule has 1 fully saturated rings. The molecule has 0 aromatic heterocycles. The number of nitrogens with zero attached hydrogens (tertiary/aromatic N) is 2. The Hall–Kier alpha value is -1.02. The first-order valence-corrected chi connectivity index (χ1v) is 6.05. The van der Waals surface area contributed by atoms with E-state index in [9.17, 15) is 0 Å². The van der Waals surface area contributed by atoms with Crippen molar-refractivity contribution >= 4 is 5.69 Å². The van der Waals surface area contributed by atoms with Crippen LogP contribution in [0.4, 0.5) is 5.69 Å². The van der Waals surface area contributed by atoms with Gasteiger partial charge in [-0.15, -0.1) is 0 Å². The third kappa shape index (κ3) is 1.63. The quantitative estimate of drug-likeness (QED) is 0.690. The van der Waals surface area contributed by atoms with Crippen molar-refractivity contribution in [2.45, 2.75) is 25.7 Å². The smallest absolute Gasteiger partial charge is 0.0554 e. The molecule has 1 saturated heterocycles. The van der Waals surface area contributed by atoms with E-state index in [1.165, 1.54) is 56.6 Å². The van der Waals surface area contributed by atoms with Gasteiger partial charge < -0.3 is 5.01 Å². The Bertz CT molecular complexity index is 342. The lowest BCUT2D eigenvalue weighted by Crippen LogP contribution is -2.43. The molecule has 0 saturated carbocycles. The summed E-state index contributed by atoms with van der Waals surface area (Å²) in [5, 5.41) is 5.03. The van der Waals surface area contributed by atoms with Crippen molar-refractivity contribution in [1.82, 2.24) is 5.01 Å². The molecular formula is C13H18N2. The van der Waals surface area contributed by atoms with Crippen molar-refractivity contribution < 1.29 is 0 Å². The maximum atomic E-state index is 2.53. The molecule has 2 nitrogen and oxygen atoms in total. The Kier molecular flexibility index (Phi) is 2.37. The third-order valence-electron chi connectivity index (χ3n) is 3.51. The van der Waals surface area contributed by atoms with Gasteiger partial charge in [0.25, 0.3) is 0 Å². The number of benzene rings is 1. The highest BCUT2D eigenvalue weighted by Gasteiger charge is 2.23. The van der Waals surface area contributed by atoms with Crippen LogP contribution in [0, 0.1) is 0 Å². The lowest BCUT2D eigenvalue weighted by Gasteiger charge is -2.38. The molecule has 0 amide bonds. The number of fused-ring (bicyclic) bond motifs is 1. The zero-order valence-electron chi connectivity index (χ0n) is 9.15. The van der Waals surface area contributed by atoms with Gasteiger partial charge >= 0.3 is 0 Å². The molecule has 0 N–H and O–H groups in total. The van der Waals surface area contributed by atoms with Crippen LogP contribution in [0.1, 0.15) is 24.8 Å². The maximum absolute atomic E-state index is 2.53. The first kappa shape index (κ1) is 9.22. The molecule has 0 atom stereocenters. The molecule has 0 spiro atoms. The summed E-state index contributed by atoms with van der Waals surface area (Å²) < 4.78 is 0. The molecule has 2 heterocycles. The topological polar surface area (TPSA) is 6.48 Å². The van der Waals surface area contributed by atoms with Crippen LogP contribution in [0.2, 0.25) is 0 Å². The summed E-state index contributed by atoms with van der Waals surface area (Å²) in [6, 6.07) is 8.86. The SMILES string of the molecule is c1ccc2c(c1)CCCN2N1CCCC1. The van der Waals surface area contributed by atoms with Crippen molar-refractivity contribution in [3.8, 4) is 0 Å². The Morgan fingerprint density at radius 3 is 2.53 bits per heavy atom. The molecular weight excluding hydrogens is 184 g/mol. The predicted octanol–water partition coefficient (Wildman–Crippen LogP) is 2.45. The fraction of sp³-hybridized carbons (Fsp3) is 0.538. The van der Waals surface area contributed by atoms with Crippen molar-refractivity contribution in [2.24, 2.45) is 0 Å². The van der Waals surface area contributed by atoms with Crippen LogP contribution in [0.3, 0.4) is 0 Å². The van der Waals surface area contributed by atoms with E-state index < -0.39 is 0 Å². The molecule has 2 heteroatoms.